The molecule has 9 heteroatoms. The molecule has 0 aromatic carbocycles. The molecule has 0 N–H and O–H groups in total. The second-order valence-electron chi connectivity index (χ2n) is 9.48. The summed E-state index contributed by atoms with van der Waals surface area (Å²) in [6.07, 6.45) is 13.6. The Morgan fingerprint density at radius 1 is 1.00 bits per heavy atom. The van der Waals surface area contributed by atoms with Crippen molar-refractivity contribution in [3.63, 3.8) is 0 Å². The maximum atomic E-state index is 6.10. The van der Waals surface area contributed by atoms with E-state index in [1.165, 1.54) is 0 Å². The van der Waals surface area contributed by atoms with Crippen molar-refractivity contribution in [3.8, 4) is 22.5 Å². The third-order valence-corrected chi connectivity index (χ3v) is 6.22. The molecule has 1 fully saturated rings. The van der Waals surface area contributed by atoms with E-state index >= 15 is 0 Å². The van der Waals surface area contributed by atoms with Gasteiger partial charge in [-0.15, -0.1) is 0 Å². The van der Waals surface area contributed by atoms with E-state index in [1.54, 1.807) is 6.20 Å². The quantitative estimate of drug-likeness (QED) is 0.417. The molecule has 1 saturated heterocycles. The predicted octanol–water partition coefficient (Wildman–Crippen LogP) is 4.36. The number of hydrogen-bond acceptors (Lipinski definition) is 6. The lowest BCUT2D eigenvalue weighted by atomic mass is 10.1. The molecule has 4 aromatic rings. The van der Waals surface area contributed by atoms with Crippen molar-refractivity contribution < 1.29 is 9.47 Å². The van der Waals surface area contributed by atoms with Crippen LogP contribution in [0.5, 0.6) is 0 Å². The summed E-state index contributed by atoms with van der Waals surface area (Å²) in [5.74, 6) is -0.578. The number of rotatable bonds is 7. The van der Waals surface area contributed by atoms with Crippen LogP contribution in [0.15, 0.2) is 43.2 Å². The predicted molar refractivity (Wildman–Crippen MR) is 125 cm³/mol. The first-order valence-corrected chi connectivity index (χ1v) is 11.5. The average molecular weight is 450 g/mol. The van der Waals surface area contributed by atoms with E-state index in [0.717, 1.165) is 40.9 Å². The van der Waals surface area contributed by atoms with Crippen LogP contribution < -0.4 is 0 Å². The maximum absolute atomic E-state index is 6.10. The zero-order valence-electron chi connectivity index (χ0n) is 19.9. The van der Waals surface area contributed by atoms with E-state index in [1.807, 2.05) is 65.5 Å². The molecule has 5 heterocycles. The number of ether oxygens (including phenoxy) is 2. The van der Waals surface area contributed by atoms with Crippen LogP contribution in [0.3, 0.4) is 0 Å². The van der Waals surface area contributed by atoms with Crippen LogP contribution in [0.1, 0.15) is 53.5 Å². The van der Waals surface area contributed by atoms with Gasteiger partial charge in [-0.1, -0.05) is 13.8 Å². The Balaban J connectivity index is 1.47. The third kappa shape index (κ3) is 4.18. The number of nitrogens with zero attached hydrogens (tertiary/aromatic N) is 7. The van der Waals surface area contributed by atoms with Gasteiger partial charge < -0.3 is 9.47 Å². The molecule has 0 radical (unpaired) electrons. The van der Waals surface area contributed by atoms with Crippen LogP contribution in [-0.4, -0.2) is 52.2 Å². The molecule has 0 spiro atoms. The van der Waals surface area contributed by atoms with Crippen molar-refractivity contribution in [2.45, 2.75) is 71.4 Å². The van der Waals surface area contributed by atoms with Gasteiger partial charge in [-0.05, 0) is 39.7 Å². The van der Waals surface area contributed by atoms with Gasteiger partial charge in [0.05, 0.1) is 60.9 Å². The second-order valence-corrected chi connectivity index (χ2v) is 9.48. The highest BCUT2D eigenvalue weighted by molar-refractivity contribution is 5.78. The van der Waals surface area contributed by atoms with Gasteiger partial charge in [-0.3, -0.25) is 9.36 Å². The van der Waals surface area contributed by atoms with Crippen molar-refractivity contribution in [2.24, 2.45) is 0 Å². The minimum atomic E-state index is -0.578. The highest BCUT2D eigenvalue weighted by Gasteiger charge is 2.42. The van der Waals surface area contributed by atoms with Crippen LogP contribution in [0.4, 0.5) is 0 Å². The maximum Gasteiger partial charge on any atom is 0.163 e. The Morgan fingerprint density at radius 3 is 2.52 bits per heavy atom. The van der Waals surface area contributed by atoms with E-state index in [-0.39, 0.29) is 0 Å². The van der Waals surface area contributed by atoms with Crippen molar-refractivity contribution in [1.82, 2.24) is 34.2 Å². The molecule has 1 aliphatic rings. The van der Waals surface area contributed by atoms with Crippen LogP contribution in [-0.2, 0) is 16.0 Å². The summed E-state index contributed by atoms with van der Waals surface area (Å²) >= 11 is 0. The smallest absolute Gasteiger partial charge is 0.163 e. The Labute approximate surface area is 193 Å². The molecule has 0 bridgehead atoms. The van der Waals surface area contributed by atoms with Gasteiger partial charge in [0.25, 0.3) is 0 Å². The van der Waals surface area contributed by atoms with Gasteiger partial charge in [0.1, 0.15) is 5.60 Å². The van der Waals surface area contributed by atoms with E-state index in [0.29, 0.717) is 19.2 Å². The van der Waals surface area contributed by atoms with E-state index in [4.69, 9.17) is 14.5 Å². The van der Waals surface area contributed by atoms with Crippen molar-refractivity contribution in [2.75, 3.05) is 6.61 Å². The van der Waals surface area contributed by atoms with E-state index in [9.17, 15) is 0 Å². The average Bonchev–Trinajstić information content (AvgIpc) is 3.55. The first-order chi connectivity index (χ1) is 15.8. The lowest BCUT2D eigenvalue weighted by molar-refractivity contribution is -0.160. The lowest BCUT2D eigenvalue weighted by Crippen LogP contribution is -2.35. The summed E-state index contributed by atoms with van der Waals surface area (Å²) in [6.45, 7) is 11.4. The Bertz CT molecular complexity index is 1270. The molecular weight excluding hydrogens is 418 g/mol. The van der Waals surface area contributed by atoms with Crippen LogP contribution >= 0.6 is 0 Å². The highest BCUT2D eigenvalue weighted by atomic mass is 16.8. The minimum Gasteiger partial charge on any atom is -0.347 e. The van der Waals surface area contributed by atoms with E-state index in [2.05, 4.69) is 35.3 Å². The van der Waals surface area contributed by atoms with Gasteiger partial charge in [-0.2, -0.15) is 15.3 Å². The second kappa shape index (κ2) is 8.07. The normalized spacial score (nSPS) is 20.3. The van der Waals surface area contributed by atoms with Gasteiger partial charge >= 0.3 is 0 Å². The zero-order chi connectivity index (χ0) is 23.2. The molecule has 5 rings (SSSR count). The summed E-state index contributed by atoms with van der Waals surface area (Å²) in [7, 11) is 0. The summed E-state index contributed by atoms with van der Waals surface area (Å²) in [5, 5.41) is 13.6. The number of fused-ring (bicyclic) bond motifs is 1. The molecule has 1 aliphatic heterocycles. The fraction of sp³-hybridized carbons (Fsp3) is 0.500. The third-order valence-electron chi connectivity index (χ3n) is 6.22. The van der Waals surface area contributed by atoms with Crippen molar-refractivity contribution >= 4 is 5.52 Å². The molecule has 9 nitrogen and oxygen atoms in total. The fourth-order valence-corrected chi connectivity index (χ4v) is 4.58. The van der Waals surface area contributed by atoms with Gasteiger partial charge in [-0.25, -0.2) is 9.50 Å². The van der Waals surface area contributed by atoms with E-state index < -0.39 is 11.4 Å². The molecule has 0 aliphatic carbocycles. The Kier molecular flexibility index (Phi) is 5.33. The summed E-state index contributed by atoms with van der Waals surface area (Å²) in [5.41, 5.74) is 4.08. The number of hydrogen-bond donors (Lipinski definition) is 0. The molecule has 174 valence electrons. The Morgan fingerprint density at radius 2 is 1.79 bits per heavy atom. The SMILES string of the molecule is CCC(CC)n1cc(-c2nc(-c3cnn(CC4(C)COC(C)(C)O4)c3)cn3nccc23)cn1. The molecule has 0 amide bonds. The monoisotopic (exact) mass is 449 g/mol. The topological polar surface area (TPSA) is 84.3 Å². The first-order valence-electron chi connectivity index (χ1n) is 11.5. The molecule has 1 atom stereocenters. The molecule has 0 saturated carbocycles. The summed E-state index contributed by atoms with van der Waals surface area (Å²) < 4.78 is 17.7. The van der Waals surface area contributed by atoms with Crippen LogP contribution in [0, 0.1) is 0 Å². The zero-order valence-corrected chi connectivity index (χ0v) is 19.9. The summed E-state index contributed by atoms with van der Waals surface area (Å²) in [4.78, 5) is 5.00. The molecule has 4 aromatic heterocycles. The fourth-order valence-electron chi connectivity index (χ4n) is 4.58. The standard InChI is InChI=1S/C24H31N7O2/c1-6-19(7-2)30-13-18(11-27-30)22-21-8-9-25-31(21)14-20(28-22)17-10-26-29(12-17)15-24(5)16-32-23(3,4)33-24/h8-14,19H,6-7,15-16H2,1-5H3. The molecule has 1 unspecified atom stereocenters. The summed E-state index contributed by atoms with van der Waals surface area (Å²) in [6, 6.07) is 2.36. The Hall–Kier alpha value is -3.04. The van der Waals surface area contributed by atoms with Crippen molar-refractivity contribution in [1.29, 1.82) is 0 Å². The first kappa shape index (κ1) is 21.8. The van der Waals surface area contributed by atoms with Gasteiger partial charge in [0.15, 0.2) is 5.79 Å². The van der Waals surface area contributed by atoms with Crippen LogP contribution in [0.2, 0.25) is 0 Å². The number of aromatic nitrogens is 7. The lowest BCUT2D eigenvalue weighted by Gasteiger charge is -2.24. The molecule has 33 heavy (non-hydrogen) atoms. The van der Waals surface area contributed by atoms with Crippen LogP contribution in [0.25, 0.3) is 28.0 Å². The molecular formula is C24H31N7O2. The van der Waals surface area contributed by atoms with Gasteiger partial charge in [0.2, 0.25) is 0 Å². The largest absolute Gasteiger partial charge is 0.347 e. The van der Waals surface area contributed by atoms with Crippen molar-refractivity contribution in [3.05, 3.63) is 43.2 Å². The minimum absolute atomic E-state index is 0.384. The van der Waals surface area contributed by atoms with Gasteiger partial charge in [0, 0.05) is 23.5 Å². The highest BCUT2D eigenvalue weighted by Crippen LogP contribution is 2.32.